The van der Waals surface area contributed by atoms with Gasteiger partial charge in [0.15, 0.2) is 5.69 Å². The topological polar surface area (TPSA) is 71.8 Å². The van der Waals surface area contributed by atoms with Gasteiger partial charge in [-0.2, -0.15) is 0 Å². The molecular formula is C14H19N5O. The van der Waals surface area contributed by atoms with Crippen LogP contribution < -0.4 is 10.6 Å². The molecule has 106 valence electrons. The Hall–Kier alpha value is -2.21. The lowest BCUT2D eigenvalue weighted by Gasteiger charge is -2.02. The van der Waals surface area contributed by atoms with Crippen LogP contribution in [0.2, 0.25) is 0 Å². The van der Waals surface area contributed by atoms with Gasteiger partial charge < -0.3 is 10.6 Å². The van der Waals surface area contributed by atoms with Gasteiger partial charge in [-0.25, -0.2) is 4.68 Å². The molecule has 0 unspecified atom stereocenters. The zero-order valence-corrected chi connectivity index (χ0v) is 11.8. The predicted octanol–water partition coefficient (Wildman–Crippen LogP) is 0.915. The van der Waals surface area contributed by atoms with Gasteiger partial charge in [-0.3, -0.25) is 4.79 Å². The van der Waals surface area contributed by atoms with Crippen molar-refractivity contribution in [3.8, 4) is 5.69 Å². The fourth-order valence-electron chi connectivity index (χ4n) is 1.75. The number of aryl methyl sites for hydroxylation is 1. The van der Waals surface area contributed by atoms with Crippen molar-refractivity contribution in [2.45, 2.75) is 13.3 Å². The van der Waals surface area contributed by atoms with Crippen LogP contribution in [0.3, 0.4) is 0 Å². The van der Waals surface area contributed by atoms with Crippen LogP contribution in [0.15, 0.2) is 30.5 Å². The highest BCUT2D eigenvalue weighted by atomic mass is 16.2. The first-order valence-electron chi connectivity index (χ1n) is 6.63. The van der Waals surface area contributed by atoms with E-state index in [4.69, 9.17) is 0 Å². The summed E-state index contributed by atoms with van der Waals surface area (Å²) in [5.41, 5.74) is 2.39. The summed E-state index contributed by atoms with van der Waals surface area (Å²) in [6.45, 7) is 3.52. The molecule has 1 amide bonds. The zero-order chi connectivity index (χ0) is 14.4. The second-order valence-corrected chi connectivity index (χ2v) is 4.60. The predicted molar refractivity (Wildman–Crippen MR) is 77.0 cm³/mol. The average molecular weight is 273 g/mol. The first-order chi connectivity index (χ1) is 9.70. The minimum Gasteiger partial charge on any atom is -0.351 e. The van der Waals surface area contributed by atoms with E-state index in [1.807, 2.05) is 38.2 Å². The van der Waals surface area contributed by atoms with Gasteiger partial charge in [-0.1, -0.05) is 22.9 Å². The van der Waals surface area contributed by atoms with E-state index in [1.54, 1.807) is 10.9 Å². The minimum atomic E-state index is -0.195. The molecule has 0 spiro atoms. The maximum absolute atomic E-state index is 11.9. The Balaban J connectivity index is 1.98. The van der Waals surface area contributed by atoms with E-state index in [9.17, 15) is 4.79 Å². The van der Waals surface area contributed by atoms with Gasteiger partial charge in [0, 0.05) is 6.54 Å². The molecule has 6 nitrogen and oxygen atoms in total. The molecule has 0 radical (unpaired) electrons. The highest BCUT2D eigenvalue weighted by Crippen LogP contribution is 2.08. The summed E-state index contributed by atoms with van der Waals surface area (Å²) < 4.78 is 1.60. The van der Waals surface area contributed by atoms with Crippen LogP contribution in [0.4, 0.5) is 0 Å². The number of amides is 1. The van der Waals surface area contributed by atoms with Crippen molar-refractivity contribution in [1.29, 1.82) is 0 Å². The molecule has 0 aliphatic rings. The van der Waals surface area contributed by atoms with Crippen molar-refractivity contribution >= 4 is 5.91 Å². The van der Waals surface area contributed by atoms with E-state index in [0.29, 0.717) is 12.2 Å². The molecular weight excluding hydrogens is 254 g/mol. The number of rotatable bonds is 6. The van der Waals surface area contributed by atoms with Crippen molar-refractivity contribution < 1.29 is 4.79 Å². The summed E-state index contributed by atoms with van der Waals surface area (Å²) in [7, 11) is 1.88. The van der Waals surface area contributed by atoms with E-state index < -0.39 is 0 Å². The van der Waals surface area contributed by atoms with Crippen LogP contribution in [-0.2, 0) is 0 Å². The van der Waals surface area contributed by atoms with Gasteiger partial charge in [0.25, 0.3) is 5.91 Å². The Bertz CT molecular complexity index is 561. The van der Waals surface area contributed by atoms with Gasteiger partial charge in [0.2, 0.25) is 0 Å². The Morgan fingerprint density at radius 3 is 2.70 bits per heavy atom. The Labute approximate surface area is 118 Å². The average Bonchev–Trinajstić information content (AvgIpc) is 2.94. The van der Waals surface area contributed by atoms with Crippen LogP contribution in [0.5, 0.6) is 0 Å². The van der Waals surface area contributed by atoms with Crippen LogP contribution in [0.1, 0.15) is 22.5 Å². The van der Waals surface area contributed by atoms with Crippen molar-refractivity contribution in [3.05, 3.63) is 41.7 Å². The number of nitrogens with one attached hydrogen (secondary N) is 2. The molecule has 0 saturated carbocycles. The summed E-state index contributed by atoms with van der Waals surface area (Å²) in [4.78, 5) is 11.9. The molecule has 20 heavy (non-hydrogen) atoms. The summed E-state index contributed by atoms with van der Waals surface area (Å²) in [6, 6.07) is 7.88. The van der Waals surface area contributed by atoms with Gasteiger partial charge in [0.05, 0.1) is 11.9 Å². The number of benzene rings is 1. The second-order valence-electron chi connectivity index (χ2n) is 4.60. The molecule has 2 N–H and O–H groups in total. The fraction of sp³-hybridized carbons (Fsp3) is 0.357. The maximum Gasteiger partial charge on any atom is 0.273 e. The first kappa shape index (κ1) is 14.2. The summed E-state index contributed by atoms with van der Waals surface area (Å²) in [5, 5.41) is 13.7. The number of carbonyl (C=O) groups is 1. The second kappa shape index (κ2) is 6.81. The Kier molecular flexibility index (Phi) is 4.84. The van der Waals surface area contributed by atoms with Gasteiger partial charge in [-0.05, 0) is 39.1 Å². The molecule has 1 aromatic heterocycles. The molecule has 1 heterocycles. The molecule has 2 rings (SSSR count). The van der Waals surface area contributed by atoms with Crippen LogP contribution in [0, 0.1) is 6.92 Å². The number of hydrogen-bond acceptors (Lipinski definition) is 4. The third-order valence-electron chi connectivity index (χ3n) is 2.91. The van der Waals surface area contributed by atoms with E-state index in [-0.39, 0.29) is 5.91 Å². The van der Waals surface area contributed by atoms with Crippen molar-refractivity contribution in [2.75, 3.05) is 20.1 Å². The van der Waals surface area contributed by atoms with E-state index in [2.05, 4.69) is 20.9 Å². The molecule has 2 aromatic rings. The molecule has 0 bridgehead atoms. The van der Waals surface area contributed by atoms with Crippen LogP contribution >= 0.6 is 0 Å². The first-order valence-corrected chi connectivity index (χ1v) is 6.63. The Morgan fingerprint density at radius 1 is 1.25 bits per heavy atom. The van der Waals surface area contributed by atoms with Crippen LogP contribution in [-0.4, -0.2) is 41.0 Å². The lowest BCUT2D eigenvalue weighted by Crippen LogP contribution is -2.26. The molecule has 6 heteroatoms. The SMILES string of the molecule is CNCCCNC(=O)c1cn(-c2ccc(C)cc2)nn1. The highest BCUT2D eigenvalue weighted by Gasteiger charge is 2.10. The van der Waals surface area contributed by atoms with Crippen molar-refractivity contribution in [1.82, 2.24) is 25.6 Å². The lowest BCUT2D eigenvalue weighted by molar-refractivity contribution is 0.0948. The summed E-state index contributed by atoms with van der Waals surface area (Å²) in [6.07, 6.45) is 2.52. The van der Waals surface area contributed by atoms with Crippen LogP contribution in [0.25, 0.3) is 5.69 Å². The van der Waals surface area contributed by atoms with E-state index >= 15 is 0 Å². The third kappa shape index (κ3) is 3.64. The molecule has 0 aliphatic carbocycles. The fourth-order valence-corrected chi connectivity index (χ4v) is 1.75. The number of aromatic nitrogens is 3. The van der Waals surface area contributed by atoms with Gasteiger partial charge in [-0.15, -0.1) is 5.10 Å². The molecule has 0 atom stereocenters. The lowest BCUT2D eigenvalue weighted by atomic mass is 10.2. The molecule has 0 saturated heterocycles. The molecule has 0 aliphatic heterocycles. The highest BCUT2D eigenvalue weighted by molar-refractivity contribution is 5.91. The van der Waals surface area contributed by atoms with E-state index in [0.717, 1.165) is 18.7 Å². The number of carbonyl (C=O) groups excluding carboxylic acids is 1. The zero-order valence-electron chi connectivity index (χ0n) is 11.8. The van der Waals surface area contributed by atoms with Gasteiger partial charge >= 0.3 is 0 Å². The van der Waals surface area contributed by atoms with Crippen molar-refractivity contribution in [2.24, 2.45) is 0 Å². The maximum atomic E-state index is 11.9. The third-order valence-corrected chi connectivity index (χ3v) is 2.91. The quantitative estimate of drug-likeness (QED) is 0.768. The van der Waals surface area contributed by atoms with Crippen molar-refractivity contribution in [3.63, 3.8) is 0 Å². The standard InChI is InChI=1S/C14H19N5O/c1-11-4-6-12(7-5-11)19-10-13(17-18-19)14(20)16-9-3-8-15-2/h4-7,10,15H,3,8-9H2,1-2H3,(H,16,20). The summed E-state index contributed by atoms with van der Waals surface area (Å²) in [5.74, 6) is -0.195. The monoisotopic (exact) mass is 273 g/mol. The summed E-state index contributed by atoms with van der Waals surface area (Å²) >= 11 is 0. The minimum absolute atomic E-state index is 0.195. The smallest absolute Gasteiger partial charge is 0.273 e. The number of nitrogens with zero attached hydrogens (tertiary/aromatic N) is 3. The van der Waals surface area contributed by atoms with E-state index in [1.165, 1.54) is 5.56 Å². The largest absolute Gasteiger partial charge is 0.351 e. The number of hydrogen-bond donors (Lipinski definition) is 2. The molecule has 0 fully saturated rings. The normalized spacial score (nSPS) is 10.5. The van der Waals surface area contributed by atoms with Gasteiger partial charge in [0.1, 0.15) is 0 Å². The Morgan fingerprint density at radius 2 is 2.00 bits per heavy atom. The molecule has 1 aromatic carbocycles.